The van der Waals surface area contributed by atoms with Crippen LogP contribution in [0.5, 0.6) is 0 Å². The fourth-order valence-corrected chi connectivity index (χ4v) is 1.85. The molecule has 0 bridgehead atoms. The highest BCUT2D eigenvalue weighted by molar-refractivity contribution is 5.90. The van der Waals surface area contributed by atoms with Gasteiger partial charge in [0.05, 0.1) is 7.11 Å². The van der Waals surface area contributed by atoms with Gasteiger partial charge in [0, 0.05) is 6.08 Å². The summed E-state index contributed by atoms with van der Waals surface area (Å²) < 4.78 is 15.0. The third-order valence-corrected chi connectivity index (χ3v) is 2.94. The molecule has 114 valence electrons. The molecule has 1 aromatic heterocycles. The molecule has 2 rings (SSSR count). The van der Waals surface area contributed by atoms with Gasteiger partial charge in [0.25, 0.3) is 0 Å². The van der Waals surface area contributed by atoms with Crippen molar-refractivity contribution in [2.75, 3.05) is 7.11 Å². The Morgan fingerprint density at radius 3 is 2.64 bits per heavy atom. The van der Waals surface area contributed by atoms with E-state index in [0.29, 0.717) is 17.1 Å². The molecule has 22 heavy (non-hydrogen) atoms. The van der Waals surface area contributed by atoms with Gasteiger partial charge in [0.15, 0.2) is 0 Å². The fraction of sp³-hybridized carbons (Fsp3) is 0.176. The van der Waals surface area contributed by atoms with Crippen LogP contribution < -0.4 is 0 Å². The number of carbonyl (C=O) groups is 2. The van der Waals surface area contributed by atoms with Crippen LogP contribution >= 0.6 is 0 Å². The lowest BCUT2D eigenvalue weighted by molar-refractivity contribution is -0.139. The van der Waals surface area contributed by atoms with Gasteiger partial charge in [-0.2, -0.15) is 0 Å². The summed E-state index contributed by atoms with van der Waals surface area (Å²) in [4.78, 5) is 23.1. The number of rotatable bonds is 5. The van der Waals surface area contributed by atoms with Crippen LogP contribution in [0.2, 0.25) is 0 Å². The van der Waals surface area contributed by atoms with E-state index in [2.05, 4.69) is 4.74 Å². The Hall–Kier alpha value is -2.82. The van der Waals surface area contributed by atoms with Gasteiger partial charge < -0.3 is 13.9 Å². The highest BCUT2D eigenvalue weighted by Gasteiger charge is 2.15. The molecule has 0 unspecified atom stereocenters. The van der Waals surface area contributed by atoms with Crippen molar-refractivity contribution in [2.45, 2.75) is 13.5 Å². The van der Waals surface area contributed by atoms with Crippen molar-refractivity contribution in [3.63, 3.8) is 0 Å². The molecule has 1 aromatic carbocycles. The maximum absolute atomic E-state index is 11.6. The first kappa shape index (κ1) is 15.6. The van der Waals surface area contributed by atoms with Crippen LogP contribution in [0.4, 0.5) is 0 Å². The number of benzene rings is 1. The van der Waals surface area contributed by atoms with E-state index in [1.165, 1.54) is 19.3 Å². The number of ether oxygens (including phenoxy) is 2. The third-order valence-electron chi connectivity index (χ3n) is 2.94. The molecule has 0 aliphatic rings. The van der Waals surface area contributed by atoms with E-state index in [-0.39, 0.29) is 6.61 Å². The van der Waals surface area contributed by atoms with Crippen LogP contribution in [0.3, 0.4) is 0 Å². The molecule has 0 spiro atoms. The zero-order chi connectivity index (χ0) is 15.9. The Bertz CT molecular complexity index is 682. The van der Waals surface area contributed by atoms with Crippen molar-refractivity contribution in [3.8, 4) is 0 Å². The van der Waals surface area contributed by atoms with Gasteiger partial charge >= 0.3 is 11.9 Å². The molecule has 0 radical (unpaired) electrons. The summed E-state index contributed by atoms with van der Waals surface area (Å²) in [5, 5.41) is 0. The molecule has 2 aromatic rings. The number of esters is 2. The summed E-state index contributed by atoms with van der Waals surface area (Å²) in [6.45, 7) is 1.60. The summed E-state index contributed by atoms with van der Waals surface area (Å²) in [6.07, 6.45) is 3.00. The first-order chi connectivity index (χ1) is 10.6. The number of hydrogen-bond acceptors (Lipinski definition) is 5. The van der Waals surface area contributed by atoms with Crippen molar-refractivity contribution < 1.29 is 23.5 Å². The predicted octanol–water partition coefficient (Wildman–Crippen LogP) is 3.13. The Morgan fingerprint density at radius 1 is 1.23 bits per heavy atom. The molecule has 0 fully saturated rings. The quantitative estimate of drug-likeness (QED) is 0.627. The first-order valence-electron chi connectivity index (χ1n) is 6.67. The van der Waals surface area contributed by atoms with Crippen molar-refractivity contribution in [2.24, 2.45) is 0 Å². The number of hydrogen-bond donors (Lipinski definition) is 0. The lowest BCUT2D eigenvalue weighted by Crippen LogP contribution is -2.01. The monoisotopic (exact) mass is 300 g/mol. The molecule has 0 N–H and O–H groups in total. The second kappa shape index (κ2) is 7.26. The molecule has 0 aliphatic heterocycles. The average Bonchev–Trinajstić information content (AvgIpc) is 2.92. The smallest absolute Gasteiger partial charge is 0.341 e. The van der Waals surface area contributed by atoms with Crippen LogP contribution in [0.1, 0.15) is 27.4 Å². The zero-order valence-electron chi connectivity index (χ0n) is 12.4. The van der Waals surface area contributed by atoms with Crippen molar-refractivity contribution in [3.05, 3.63) is 65.1 Å². The van der Waals surface area contributed by atoms with Gasteiger partial charge in [0.2, 0.25) is 0 Å². The number of aryl methyl sites for hydroxylation is 1. The second-order valence-corrected chi connectivity index (χ2v) is 4.53. The Balaban J connectivity index is 1.91. The molecule has 5 heteroatoms. The van der Waals surface area contributed by atoms with E-state index in [0.717, 1.165) is 5.56 Å². The Labute approximate surface area is 128 Å². The van der Waals surface area contributed by atoms with Gasteiger partial charge in [-0.25, -0.2) is 9.59 Å². The molecular weight excluding hydrogens is 284 g/mol. The number of carbonyl (C=O) groups excluding carboxylic acids is 2. The van der Waals surface area contributed by atoms with E-state index in [4.69, 9.17) is 9.15 Å². The second-order valence-electron chi connectivity index (χ2n) is 4.53. The molecule has 0 atom stereocenters. The molecular formula is C17H16O5. The maximum Gasteiger partial charge on any atom is 0.341 e. The molecule has 0 amide bonds. The first-order valence-corrected chi connectivity index (χ1v) is 6.67. The zero-order valence-corrected chi connectivity index (χ0v) is 12.4. The Morgan fingerprint density at radius 2 is 1.95 bits per heavy atom. The summed E-state index contributed by atoms with van der Waals surface area (Å²) in [6, 6.07) is 10.9. The van der Waals surface area contributed by atoms with E-state index in [9.17, 15) is 9.59 Å². The average molecular weight is 300 g/mol. The lowest BCUT2D eigenvalue weighted by Gasteiger charge is -1.98. The lowest BCUT2D eigenvalue weighted by atomic mass is 10.2. The normalized spacial score (nSPS) is 10.6. The van der Waals surface area contributed by atoms with Crippen LogP contribution in [0, 0.1) is 6.92 Å². The minimum atomic E-state index is -0.488. The van der Waals surface area contributed by atoms with Crippen molar-refractivity contribution >= 4 is 18.0 Å². The van der Waals surface area contributed by atoms with Gasteiger partial charge in [-0.1, -0.05) is 30.3 Å². The highest BCUT2D eigenvalue weighted by atomic mass is 16.5. The van der Waals surface area contributed by atoms with Crippen molar-refractivity contribution in [1.82, 2.24) is 0 Å². The molecule has 1 heterocycles. The number of methoxy groups -OCH3 is 1. The largest absolute Gasteiger partial charge is 0.465 e. The molecule has 0 saturated carbocycles. The summed E-state index contributed by atoms with van der Waals surface area (Å²) in [5.41, 5.74) is 1.23. The Kier molecular flexibility index (Phi) is 5.14. The maximum atomic E-state index is 11.6. The molecule has 0 aliphatic carbocycles. The SMILES string of the molecule is COC(=O)c1cc(COC(=O)/C=C/c2ccccc2)oc1C. The summed E-state index contributed by atoms with van der Waals surface area (Å²) in [7, 11) is 1.29. The molecule has 0 saturated heterocycles. The van der Waals surface area contributed by atoms with Gasteiger partial charge in [-0.05, 0) is 24.6 Å². The topological polar surface area (TPSA) is 65.7 Å². The summed E-state index contributed by atoms with van der Waals surface area (Å²) in [5.74, 6) is -0.155. The predicted molar refractivity (Wildman–Crippen MR) is 80.1 cm³/mol. The van der Waals surface area contributed by atoms with E-state index < -0.39 is 11.9 Å². The van der Waals surface area contributed by atoms with Gasteiger partial charge in [-0.3, -0.25) is 0 Å². The van der Waals surface area contributed by atoms with Crippen molar-refractivity contribution in [1.29, 1.82) is 0 Å². The van der Waals surface area contributed by atoms with Gasteiger partial charge in [-0.15, -0.1) is 0 Å². The standard InChI is InChI=1S/C17H16O5/c1-12-15(17(19)20-2)10-14(22-12)11-21-16(18)9-8-13-6-4-3-5-7-13/h3-10H,11H2,1-2H3/b9-8+. The van der Waals surface area contributed by atoms with Crippen LogP contribution in [0.15, 0.2) is 46.9 Å². The minimum absolute atomic E-state index is 0.0458. The van der Waals surface area contributed by atoms with Crippen LogP contribution in [0.25, 0.3) is 6.08 Å². The summed E-state index contributed by atoms with van der Waals surface area (Å²) >= 11 is 0. The molecule has 5 nitrogen and oxygen atoms in total. The fourth-order valence-electron chi connectivity index (χ4n) is 1.85. The highest BCUT2D eigenvalue weighted by Crippen LogP contribution is 2.16. The minimum Gasteiger partial charge on any atom is -0.465 e. The third kappa shape index (κ3) is 4.09. The van der Waals surface area contributed by atoms with Crippen LogP contribution in [-0.4, -0.2) is 19.0 Å². The van der Waals surface area contributed by atoms with E-state index in [1.54, 1.807) is 13.0 Å². The van der Waals surface area contributed by atoms with E-state index in [1.807, 2.05) is 30.3 Å². The van der Waals surface area contributed by atoms with Gasteiger partial charge in [0.1, 0.15) is 23.7 Å². The van der Waals surface area contributed by atoms with Crippen LogP contribution in [-0.2, 0) is 20.9 Å². The number of furan rings is 1. The van der Waals surface area contributed by atoms with E-state index >= 15 is 0 Å².